The van der Waals surface area contributed by atoms with Gasteiger partial charge >= 0.3 is 0 Å². The second-order valence-electron chi connectivity index (χ2n) is 6.09. The molecule has 0 saturated carbocycles. The number of hydrogen-bond donors (Lipinski definition) is 1. The molecule has 0 aromatic carbocycles. The van der Waals surface area contributed by atoms with Gasteiger partial charge in [-0.15, -0.1) is 0 Å². The molecule has 1 aliphatic rings. The van der Waals surface area contributed by atoms with E-state index in [0.717, 1.165) is 0 Å². The molecule has 22 heavy (non-hydrogen) atoms. The van der Waals surface area contributed by atoms with E-state index < -0.39 is 6.10 Å². The maximum atomic E-state index is 12.2. The lowest BCUT2D eigenvalue weighted by molar-refractivity contribution is -0.140. The summed E-state index contributed by atoms with van der Waals surface area (Å²) < 4.78 is 5.13. The molecule has 0 unspecified atom stereocenters. The first-order chi connectivity index (χ1) is 10.5. The minimum absolute atomic E-state index is 0.151. The molecule has 1 aromatic rings. The highest BCUT2D eigenvalue weighted by Gasteiger charge is 2.27. The van der Waals surface area contributed by atoms with Crippen molar-refractivity contribution in [1.82, 2.24) is 9.80 Å². The Hall–Kier alpha value is -1.82. The summed E-state index contributed by atoms with van der Waals surface area (Å²) in [5.74, 6) is 0.200. The van der Waals surface area contributed by atoms with Gasteiger partial charge in [-0.05, 0) is 30.9 Å². The highest BCUT2D eigenvalue weighted by molar-refractivity contribution is 5.91. The van der Waals surface area contributed by atoms with Gasteiger partial charge in [0, 0.05) is 26.2 Å². The van der Waals surface area contributed by atoms with Gasteiger partial charge in [0.05, 0.1) is 6.26 Å². The van der Waals surface area contributed by atoms with Crippen LogP contribution in [-0.4, -0.2) is 59.0 Å². The van der Waals surface area contributed by atoms with Crippen molar-refractivity contribution < 1.29 is 19.1 Å². The first-order valence-electron chi connectivity index (χ1n) is 7.78. The van der Waals surface area contributed by atoms with Crippen LogP contribution < -0.4 is 0 Å². The zero-order valence-electron chi connectivity index (χ0n) is 13.2. The zero-order chi connectivity index (χ0) is 16.1. The van der Waals surface area contributed by atoms with Crippen molar-refractivity contribution in [3.8, 4) is 0 Å². The summed E-state index contributed by atoms with van der Waals surface area (Å²) in [6, 6.07) is 3.33. The van der Waals surface area contributed by atoms with Crippen LogP contribution in [0, 0.1) is 5.92 Å². The largest absolute Gasteiger partial charge is 0.459 e. The van der Waals surface area contributed by atoms with E-state index in [4.69, 9.17) is 4.42 Å². The van der Waals surface area contributed by atoms with Gasteiger partial charge in [0.2, 0.25) is 0 Å². The first-order valence-corrected chi connectivity index (χ1v) is 7.78. The van der Waals surface area contributed by atoms with Gasteiger partial charge in [-0.25, -0.2) is 0 Å². The predicted molar refractivity (Wildman–Crippen MR) is 81.3 cm³/mol. The van der Waals surface area contributed by atoms with E-state index >= 15 is 0 Å². The second-order valence-corrected chi connectivity index (χ2v) is 6.09. The Morgan fingerprint density at radius 1 is 1.23 bits per heavy atom. The molecule has 6 nitrogen and oxygen atoms in total. The van der Waals surface area contributed by atoms with Crippen LogP contribution in [0.1, 0.15) is 37.2 Å². The Bertz CT molecular complexity index is 498. The molecule has 1 aromatic heterocycles. The number of carbonyl (C=O) groups is 2. The summed E-state index contributed by atoms with van der Waals surface area (Å²) in [6.45, 7) is 6.00. The Labute approximate surface area is 130 Å². The van der Waals surface area contributed by atoms with Crippen LogP contribution in [0.2, 0.25) is 0 Å². The second kappa shape index (κ2) is 7.45. The lowest BCUT2D eigenvalue weighted by atomic mass is 10.1. The highest BCUT2D eigenvalue weighted by Crippen LogP contribution is 2.13. The molecule has 1 fully saturated rings. The molecule has 122 valence electrons. The minimum atomic E-state index is -0.952. The number of hydrogen-bond acceptors (Lipinski definition) is 4. The van der Waals surface area contributed by atoms with Crippen LogP contribution in [-0.2, 0) is 4.79 Å². The fraction of sp³-hybridized carbons (Fsp3) is 0.625. The van der Waals surface area contributed by atoms with E-state index in [1.54, 1.807) is 21.9 Å². The van der Waals surface area contributed by atoms with Crippen molar-refractivity contribution in [1.29, 1.82) is 0 Å². The fourth-order valence-electron chi connectivity index (χ4n) is 2.66. The van der Waals surface area contributed by atoms with Crippen LogP contribution >= 0.6 is 0 Å². The molecule has 2 rings (SSSR count). The average molecular weight is 308 g/mol. The van der Waals surface area contributed by atoms with Crippen molar-refractivity contribution in [2.75, 3.05) is 26.2 Å². The molecule has 0 radical (unpaired) electrons. The van der Waals surface area contributed by atoms with Gasteiger partial charge in [0.15, 0.2) is 5.76 Å². The topological polar surface area (TPSA) is 74.0 Å². The van der Waals surface area contributed by atoms with Crippen LogP contribution in [0.3, 0.4) is 0 Å². The van der Waals surface area contributed by atoms with Crippen LogP contribution in [0.5, 0.6) is 0 Å². The minimum Gasteiger partial charge on any atom is -0.459 e. The summed E-state index contributed by atoms with van der Waals surface area (Å²) in [4.78, 5) is 27.8. The van der Waals surface area contributed by atoms with Gasteiger partial charge in [0.1, 0.15) is 6.10 Å². The van der Waals surface area contributed by atoms with Gasteiger partial charge in [-0.1, -0.05) is 13.8 Å². The smallest absolute Gasteiger partial charge is 0.289 e. The van der Waals surface area contributed by atoms with Gasteiger partial charge in [0.25, 0.3) is 11.8 Å². The molecule has 1 saturated heterocycles. The normalized spacial score (nSPS) is 17.5. The Morgan fingerprint density at radius 3 is 2.55 bits per heavy atom. The third-order valence-corrected chi connectivity index (χ3v) is 3.81. The fourth-order valence-corrected chi connectivity index (χ4v) is 2.66. The Kier molecular flexibility index (Phi) is 5.60. The van der Waals surface area contributed by atoms with Gasteiger partial charge in [-0.2, -0.15) is 0 Å². The van der Waals surface area contributed by atoms with E-state index in [2.05, 4.69) is 0 Å². The number of carbonyl (C=O) groups excluding carboxylic acids is 2. The molecule has 0 spiro atoms. The molecule has 0 bridgehead atoms. The Balaban J connectivity index is 1.92. The van der Waals surface area contributed by atoms with E-state index in [1.165, 1.54) is 6.26 Å². The van der Waals surface area contributed by atoms with E-state index in [9.17, 15) is 14.7 Å². The van der Waals surface area contributed by atoms with Crippen LogP contribution in [0.15, 0.2) is 22.8 Å². The number of aliphatic hydroxyl groups is 1. The number of aliphatic hydroxyl groups excluding tert-OH is 1. The summed E-state index contributed by atoms with van der Waals surface area (Å²) >= 11 is 0. The summed E-state index contributed by atoms with van der Waals surface area (Å²) in [7, 11) is 0. The monoisotopic (exact) mass is 308 g/mol. The summed E-state index contributed by atoms with van der Waals surface area (Å²) in [5, 5.41) is 9.97. The van der Waals surface area contributed by atoms with Crippen molar-refractivity contribution in [2.24, 2.45) is 5.92 Å². The van der Waals surface area contributed by atoms with E-state index in [-0.39, 0.29) is 17.7 Å². The van der Waals surface area contributed by atoms with Crippen molar-refractivity contribution in [3.63, 3.8) is 0 Å². The number of furan rings is 1. The third-order valence-electron chi connectivity index (χ3n) is 3.81. The SMILES string of the molecule is CC(C)C[C@H](O)C(=O)N1CCCN(C(=O)c2ccco2)CC1. The number of nitrogens with zero attached hydrogens (tertiary/aromatic N) is 2. The van der Waals surface area contributed by atoms with Crippen molar-refractivity contribution in [3.05, 3.63) is 24.2 Å². The van der Waals surface area contributed by atoms with Gasteiger partial charge in [-0.3, -0.25) is 9.59 Å². The lowest BCUT2D eigenvalue weighted by Gasteiger charge is -2.24. The average Bonchev–Trinajstić information content (AvgIpc) is 2.89. The highest BCUT2D eigenvalue weighted by atomic mass is 16.3. The molecular weight excluding hydrogens is 284 g/mol. The van der Waals surface area contributed by atoms with Crippen LogP contribution in [0.25, 0.3) is 0 Å². The first kappa shape index (κ1) is 16.5. The zero-order valence-corrected chi connectivity index (χ0v) is 13.2. The summed E-state index contributed by atoms with van der Waals surface area (Å²) in [5.41, 5.74) is 0. The number of rotatable bonds is 4. The summed E-state index contributed by atoms with van der Waals surface area (Å²) in [6.07, 6.45) is 1.69. The van der Waals surface area contributed by atoms with E-state index in [0.29, 0.717) is 44.8 Å². The maximum Gasteiger partial charge on any atom is 0.289 e. The Morgan fingerprint density at radius 2 is 1.91 bits per heavy atom. The number of amides is 2. The molecular formula is C16H24N2O4. The molecule has 1 aliphatic heterocycles. The maximum absolute atomic E-state index is 12.2. The van der Waals surface area contributed by atoms with Gasteiger partial charge < -0.3 is 19.3 Å². The van der Waals surface area contributed by atoms with E-state index in [1.807, 2.05) is 13.8 Å². The van der Waals surface area contributed by atoms with Crippen LogP contribution in [0.4, 0.5) is 0 Å². The molecule has 2 heterocycles. The standard InChI is InChI=1S/C16H24N2O4/c1-12(2)11-13(19)15(20)17-6-4-7-18(9-8-17)16(21)14-5-3-10-22-14/h3,5,10,12-13,19H,4,6-9,11H2,1-2H3/t13-/m0/s1. The molecule has 1 atom stereocenters. The predicted octanol–water partition coefficient (Wildman–Crippen LogP) is 1.36. The molecule has 1 N–H and O–H groups in total. The van der Waals surface area contributed by atoms with Crippen molar-refractivity contribution >= 4 is 11.8 Å². The lowest BCUT2D eigenvalue weighted by Crippen LogP contribution is -2.42. The molecule has 0 aliphatic carbocycles. The third kappa shape index (κ3) is 4.10. The molecule has 6 heteroatoms. The quantitative estimate of drug-likeness (QED) is 0.911. The van der Waals surface area contributed by atoms with Crippen molar-refractivity contribution in [2.45, 2.75) is 32.8 Å². The molecule has 2 amide bonds.